The van der Waals surface area contributed by atoms with E-state index in [-0.39, 0.29) is 23.5 Å². The van der Waals surface area contributed by atoms with Gasteiger partial charge in [-0.2, -0.15) is 0 Å². The van der Waals surface area contributed by atoms with Gasteiger partial charge in [0.15, 0.2) is 0 Å². The van der Waals surface area contributed by atoms with E-state index in [1.54, 1.807) is 0 Å². The summed E-state index contributed by atoms with van der Waals surface area (Å²) < 4.78 is 29.5. The van der Waals surface area contributed by atoms with Crippen LogP contribution in [0.25, 0.3) is 0 Å². The first kappa shape index (κ1) is 98.1. The summed E-state index contributed by atoms with van der Waals surface area (Å²) in [5.41, 5.74) is 5.44. The zero-order valence-corrected chi connectivity index (χ0v) is 67.9. The molecule has 0 amide bonds. The summed E-state index contributed by atoms with van der Waals surface area (Å²) in [4.78, 5) is 4.93. The first-order chi connectivity index (χ1) is 48.9. The molecule has 5 aromatic carbocycles. The Hall–Kier alpha value is -4.90. The third-order valence-corrected chi connectivity index (χ3v) is 20.6. The Morgan fingerprint density at radius 3 is 0.486 bits per heavy atom. The van der Waals surface area contributed by atoms with Crippen LogP contribution in [0.3, 0.4) is 0 Å². The van der Waals surface area contributed by atoms with Crippen LogP contribution in [-0.4, -0.2) is 63.6 Å². The van der Waals surface area contributed by atoms with Gasteiger partial charge in [0.05, 0.1) is 30.5 Å². The SMILES string of the molecule is CCCCOC1CCC(C#Cc2ccc(S)cc2)CC1.CCCCOC1CCC(C#Cc2ccc(S)cc2)CC1.CCCCOC1CCC(C#Cc2ccc(S)cc2)CC1.CCCCOC1CCC(C#Cc2ccc(S)cc2)CC1.CCCCOC1CCC(C#Cc2ccc(S)cc2)CC1.F.F.F.F.F. The van der Waals surface area contributed by atoms with Crippen molar-refractivity contribution in [2.24, 2.45) is 29.6 Å². The largest absolute Gasteiger partial charge is 0.378 e. The number of hydrogen-bond acceptors (Lipinski definition) is 10. The maximum absolute atomic E-state index is 5.89. The van der Waals surface area contributed by atoms with Crippen LogP contribution in [0.15, 0.2) is 146 Å². The molecule has 0 aromatic heterocycles. The highest BCUT2D eigenvalue weighted by molar-refractivity contribution is 7.81. The first-order valence-corrected chi connectivity index (χ1v) is 40.7. The minimum absolute atomic E-state index is 0. The molecule has 0 saturated heterocycles. The number of ether oxygens (including phenoxy) is 5. The van der Waals surface area contributed by atoms with Gasteiger partial charge in [0.1, 0.15) is 0 Å². The molecule has 0 radical (unpaired) electrons. The van der Waals surface area contributed by atoms with Crippen LogP contribution in [0.4, 0.5) is 23.5 Å². The second-order valence-corrected chi connectivity index (χ2v) is 30.2. The Bertz CT molecular complexity index is 2780. The van der Waals surface area contributed by atoms with Crippen molar-refractivity contribution in [3.63, 3.8) is 0 Å². The molecule has 5 aliphatic rings. The van der Waals surface area contributed by atoms with Crippen LogP contribution < -0.4 is 0 Å². The van der Waals surface area contributed by atoms with Crippen molar-refractivity contribution in [3.8, 4) is 59.2 Å². The van der Waals surface area contributed by atoms with Crippen molar-refractivity contribution in [2.75, 3.05) is 33.0 Å². The van der Waals surface area contributed by atoms with E-state index in [9.17, 15) is 0 Å². The van der Waals surface area contributed by atoms with Crippen molar-refractivity contribution < 1.29 is 47.2 Å². The number of halogens is 5. The molecule has 5 nitrogen and oxygen atoms in total. The van der Waals surface area contributed by atoms with Gasteiger partial charge >= 0.3 is 0 Å². The van der Waals surface area contributed by atoms with Gasteiger partial charge in [-0.05, 0) is 282 Å². The summed E-state index contributed by atoms with van der Waals surface area (Å²) in [5.74, 6) is 36.2. The molecule has 0 atom stereocenters. The van der Waals surface area contributed by atoms with E-state index in [4.69, 9.17) is 23.7 Å². The maximum Gasteiger partial charge on any atom is 0.0576 e. The highest BCUT2D eigenvalue weighted by atomic mass is 32.1. The number of hydrogen-bond donors (Lipinski definition) is 5. The maximum atomic E-state index is 5.89. The molecule has 5 saturated carbocycles. The van der Waals surface area contributed by atoms with Gasteiger partial charge in [-0.1, -0.05) is 126 Å². The molecule has 5 aliphatic carbocycles. The molecule has 0 spiro atoms. The number of rotatable bonds is 20. The van der Waals surface area contributed by atoms with E-state index in [2.05, 4.69) is 157 Å². The molecule has 10 rings (SSSR count). The summed E-state index contributed by atoms with van der Waals surface area (Å²) in [6, 6.07) is 40.3. The van der Waals surface area contributed by atoms with Gasteiger partial charge in [0.25, 0.3) is 0 Å². The minimum atomic E-state index is 0. The molecule has 0 aliphatic heterocycles. The van der Waals surface area contributed by atoms with Crippen LogP contribution in [-0.2, 0) is 23.7 Å². The fraction of sp³-hybridized carbons (Fsp3) is 0.556. The quantitative estimate of drug-likeness (QED) is 0.0233. The predicted molar refractivity (Wildman–Crippen MR) is 448 cm³/mol. The van der Waals surface area contributed by atoms with Gasteiger partial charge < -0.3 is 23.7 Å². The molecule has 0 heterocycles. The van der Waals surface area contributed by atoms with Crippen LogP contribution in [0.5, 0.6) is 0 Å². The Kier molecular flexibility index (Phi) is 56.9. The molecule has 580 valence electrons. The topological polar surface area (TPSA) is 46.2 Å². The number of benzene rings is 5. The lowest BCUT2D eigenvalue weighted by Gasteiger charge is -2.25. The molecule has 0 N–H and O–H groups in total. The minimum Gasteiger partial charge on any atom is -0.378 e. The van der Waals surface area contributed by atoms with Gasteiger partial charge in [-0.15, -0.1) is 63.1 Å². The molecule has 5 fully saturated rings. The van der Waals surface area contributed by atoms with E-state index >= 15 is 0 Å². The van der Waals surface area contributed by atoms with E-state index < -0.39 is 0 Å². The Morgan fingerprint density at radius 2 is 0.362 bits per heavy atom. The van der Waals surface area contributed by atoms with Crippen molar-refractivity contribution in [3.05, 3.63) is 149 Å². The van der Waals surface area contributed by atoms with E-state index in [0.29, 0.717) is 60.1 Å². The second kappa shape index (κ2) is 60.9. The lowest BCUT2D eigenvalue weighted by Crippen LogP contribution is -2.21. The van der Waals surface area contributed by atoms with Gasteiger partial charge in [-0.3, -0.25) is 23.5 Å². The van der Waals surface area contributed by atoms with E-state index in [1.807, 2.05) is 121 Å². The first-order valence-electron chi connectivity index (χ1n) is 38.5. The van der Waals surface area contributed by atoms with Gasteiger partial charge in [0.2, 0.25) is 0 Å². The third-order valence-electron chi connectivity index (χ3n) is 19.1. The molecule has 15 heteroatoms. The zero-order chi connectivity index (χ0) is 71.0. The standard InChI is InChI=1S/5C18H24OS.5FH/c5*1-2-3-14-19-17-10-6-15(7-11-17)4-5-16-8-12-18(20)13-9-16;;;;;/h5*8-9,12-13,15,17,20H,2-3,6-7,10-11,14H2,1H3;5*1H. The summed E-state index contributed by atoms with van der Waals surface area (Å²) in [6.07, 6.45) is 37.8. The monoisotopic (exact) mass is 1540 g/mol. The molecule has 0 unspecified atom stereocenters. The van der Waals surface area contributed by atoms with Crippen LogP contribution in [0.1, 0.15) is 255 Å². The Labute approximate surface area is 659 Å². The normalized spacial score (nSPS) is 21.0. The summed E-state index contributed by atoms with van der Waals surface area (Å²) in [5, 5.41) is 0. The molecular formula is C90H125F5O5S5. The van der Waals surface area contributed by atoms with Gasteiger partial charge in [-0.25, -0.2) is 0 Å². The second-order valence-electron chi connectivity index (χ2n) is 27.6. The molecular weight excluding hydrogens is 1420 g/mol. The fourth-order valence-corrected chi connectivity index (χ4v) is 13.2. The Balaban J connectivity index is 0.000000649. The smallest absolute Gasteiger partial charge is 0.0576 e. The zero-order valence-electron chi connectivity index (χ0n) is 63.4. The lowest BCUT2D eigenvalue weighted by molar-refractivity contribution is 0.0215. The number of thiol groups is 5. The summed E-state index contributed by atoms with van der Waals surface area (Å²) in [7, 11) is 0. The van der Waals surface area contributed by atoms with E-state index in [1.165, 1.54) is 193 Å². The highest BCUT2D eigenvalue weighted by Gasteiger charge is 2.24. The van der Waals surface area contributed by atoms with Crippen molar-refractivity contribution in [2.45, 2.75) is 282 Å². The Morgan fingerprint density at radius 1 is 0.229 bits per heavy atom. The fourth-order valence-electron chi connectivity index (χ4n) is 12.5. The average molecular weight is 1540 g/mol. The van der Waals surface area contributed by atoms with Crippen LogP contribution >= 0.6 is 63.1 Å². The van der Waals surface area contributed by atoms with Crippen LogP contribution in [0.2, 0.25) is 0 Å². The summed E-state index contributed by atoms with van der Waals surface area (Å²) in [6.45, 7) is 15.6. The molecule has 105 heavy (non-hydrogen) atoms. The molecule has 0 bridgehead atoms. The highest BCUT2D eigenvalue weighted by Crippen LogP contribution is 2.31. The van der Waals surface area contributed by atoms with Crippen molar-refractivity contribution in [1.82, 2.24) is 0 Å². The van der Waals surface area contributed by atoms with Crippen LogP contribution in [0, 0.1) is 88.8 Å². The van der Waals surface area contributed by atoms with E-state index in [0.717, 1.165) is 85.3 Å². The third kappa shape index (κ3) is 44.4. The van der Waals surface area contributed by atoms with Crippen molar-refractivity contribution >= 4 is 63.1 Å². The van der Waals surface area contributed by atoms with Gasteiger partial charge in [0, 0.05) is 115 Å². The lowest BCUT2D eigenvalue weighted by atomic mass is 9.87. The molecule has 5 aromatic rings. The predicted octanol–water partition coefficient (Wildman–Crippen LogP) is 24.3. The average Bonchev–Trinajstić information content (AvgIpc) is 0.996. The number of unbranched alkanes of at least 4 members (excludes halogenated alkanes) is 5. The van der Waals surface area contributed by atoms with Crippen molar-refractivity contribution in [1.29, 1.82) is 0 Å². The summed E-state index contributed by atoms with van der Waals surface area (Å²) >= 11 is 21.4.